The molecule has 61 heavy (non-hydrogen) atoms. The molecule has 4 aromatic carbocycles. The first-order valence-electron chi connectivity index (χ1n) is 17.0. The Bertz CT molecular complexity index is 2420. The monoisotopic (exact) mass is 983 g/mol. The van der Waals surface area contributed by atoms with Crippen LogP contribution < -0.4 is 46.4 Å². The van der Waals surface area contributed by atoms with Crippen molar-refractivity contribution in [3.05, 3.63) is 157 Å². The van der Waals surface area contributed by atoms with E-state index < -0.39 is 20.5 Å². The van der Waals surface area contributed by atoms with Crippen LogP contribution in [0.1, 0.15) is 11.4 Å². The van der Waals surface area contributed by atoms with Crippen LogP contribution in [0.2, 0.25) is 0 Å². The molecular weight excluding hydrogens is 955 g/mol. The third-order valence-corrected chi connectivity index (χ3v) is 10.1. The Balaban J connectivity index is 0.000000217. The summed E-state index contributed by atoms with van der Waals surface area (Å²) in [5.41, 5.74) is 11.3. The van der Waals surface area contributed by atoms with Gasteiger partial charge < -0.3 is 25.3 Å². The number of benzene rings is 4. The van der Waals surface area contributed by atoms with Gasteiger partial charge in [0, 0.05) is 19.8 Å². The van der Waals surface area contributed by atoms with Crippen molar-refractivity contribution in [2.75, 3.05) is 0 Å². The summed E-state index contributed by atoms with van der Waals surface area (Å²) in [6.45, 7) is 4.17. The molecule has 0 aliphatic carbocycles. The zero-order valence-electron chi connectivity index (χ0n) is 31.5. The molecule has 317 valence electrons. The number of rotatable bonds is 6. The summed E-state index contributed by atoms with van der Waals surface area (Å²) >= 11 is 13.2. The van der Waals surface area contributed by atoms with Crippen LogP contribution in [-0.4, -0.2) is 20.4 Å². The molecule has 14 nitrogen and oxygen atoms in total. The molecule has 1 radical (unpaired) electrons. The molecule has 0 N–H and O–H groups in total. The summed E-state index contributed by atoms with van der Waals surface area (Å²) in [6, 6.07) is 50.2. The minimum atomic E-state index is -4.94. The van der Waals surface area contributed by atoms with Gasteiger partial charge in [0.25, 0.3) is 0 Å². The molecule has 4 heterocycles. The Morgan fingerprint density at radius 2 is 0.672 bits per heavy atom. The van der Waals surface area contributed by atoms with Crippen LogP contribution >= 0.6 is 22.7 Å². The SMILES string of the molecule is Cc1cc(-c2ccccc2)cc(-c2ccccc2)[n+]1-c1nnc([S-])s1.Cc1cc(-c2ccccc2)cc(-c2ccccc2)[n+]1-c1nnc([S-])s1.[Cu+2].[O-][Cl+3]([O-])([O-])[O-].[O-][Cl+3]([O-])([O-])[O-]. The molecule has 21 heteroatoms. The standard InChI is InChI=1S/2C20H15N3S2.2ClHO4.Cu/c2*1-14-12-17(15-8-4-2-5-9-15)13-18(16-10-6-3-7-11-16)23(14)19-21-22-20(24)25-19;2*2-1(3,4)5;/h2*2-13H,1H3;2*(H,2,3,4,5);/q;;;;+2/p-2. The van der Waals surface area contributed by atoms with E-state index in [0.717, 1.165) is 44.2 Å². The number of hydrogen-bond acceptors (Lipinski definition) is 16. The minimum Gasteiger partial charge on any atom is -0.404 e. The van der Waals surface area contributed by atoms with Crippen molar-refractivity contribution in [3.63, 3.8) is 0 Å². The Hall–Kier alpha value is -4.48. The van der Waals surface area contributed by atoms with Crippen LogP contribution in [0.15, 0.2) is 154 Å². The van der Waals surface area contributed by atoms with Gasteiger partial charge in [0.1, 0.15) is 22.8 Å². The predicted molar refractivity (Wildman–Crippen MR) is 205 cm³/mol. The second-order valence-corrected chi connectivity index (χ2v) is 16.8. The molecule has 0 aliphatic heterocycles. The maximum Gasteiger partial charge on any atom is 2.00 e. The molecule has 0 fully saturated rings. The first-order chi connectivity index (χ1) is 28.4. The predicted octanol–water partition coefficient (Wildman–Crippen LogP) is -0.788. The fraction of sp³-hybridized carbons (Fsp3) is 0.0500. The third kappa shape index (κ3) is 15.4. The largest absolute Gasteiger partial charge is 2.00 e. The van der Waals surface area contributed by atoms with Crippen molar-refractivity contribution in [2.45, 2.75) is 22.5 Å². The average Bonchev–Trinajstić information content (AvgIpc) is 3.85. The molecule has 0 amide bonds. The number of nitrogens with zero attached hydrogens (tertiary/aromatic N) is 6. The third-order valence-electron chi connectivity index (χ3n) is 8.03. The van der Waals surface area contributed by atoms with E-state index in [9.17, 15) is 0 Å². The quantitative estimate of drug-likeness (QED) is 0.113. The van der Waals surface area contributed by atoms with E-state index in [1.165, 1.54) is 44.9 Å². The van der Waals surface area contributed by atoms with E-state index in [1.54, 1.807) is 0 Å². The minimum absolute atomic E-state index is 0. The Morgan fingerprint density at radius 1 is 0.410 bits per heavy atom. The van der Waals surface area contributed by atoms with Gasteiger partial charge in [-0.15, -0.1) is 20.5 Å². The molecule has 0 saturated heterocycles. The first-order valence-corrected chi connectivity index (χ1v) is 22.0. The smallest absolute Gasteiger partial charge is 0.404 e. The maximum atomic E-state index is 8.49. The number of halogens is 2. The molecule has 8 aromatic rings. The van der Waals surface area contributed by atoms with Gasteiger partial charge in [0.15, 0.2) is 0 Å². The number of pyridine rings is 2. The molecule has 8 rings (SSSR count). The summed E-state index contributed by atoms with van der Waals surface area (Å²) < 4.78 is 73.3. The number of aromatic nitrogens is 6. The van der Waals surface area contributed by atoms with E-state index in [4.69, 9.17) is 62.5 Å². The second-order valence-electron chi connectivity index (χ2n) is 12.1. The van der Waals surface area contributed by atoms with Gasteiger partial charge in [-0.2, -0.15) is 9.13 Å². The van der Waals surface area contributed by atoms with E-state index in [0.29, 0.717) is 8.68 Å². The molecule has 4 aromatic heterocycles. The normalized spacial score (nSPS) is 10.8. The van der Waals surface area contributed by atoms with Gasteiger partial charge in [0.2, 0.25) is 0 Å². The first kappa shape index (κ1) is 49.2. The molecule has 0 aliphatic rings. The fourth-order valence-electron chi connectivity index (χ4n) is 5.80. The summed E-state index contributed by atoms with van der Waals surface area (Å²) in [5.74, 6) is 0. The van der Waals surface area contributed by atoms with Crippen LogP contribution in [-0.2, 0) is 42.3 Å². The maximum absolute atomic E-state index is 8.49. The van der Waals surface area contributed by atoms with E-state index in [2.05, 4.69) is 140 Å². The molecule has 0 atom stereocenters. The second kappa shape index (κ2) is 22.6. The van der Waals surface area contributed by atoms with Crippen LogP contribution in [0.5, 0.6) is 0 Å². The van der Waals surface area contributed by atoms with Crippen LogP contribution in [0.4, 0.5) is 0 Å². The van der Waals surface area contributed by atoms with E-state index in [1.807, 2.05) is 48.5 Å². The summed E-state index contributed by atoms with van der Waals surface area (Å²) in [4.78, 5) is 0. The van der Waals surface area contributed by atoms with E-state index in [-0.39, 0.29) is 17.1 Å². The molecule has 0 bridgehead atoms. The molecule has 0 spiro atoms. The zero-order valence-corrected chi connectivity index (χ0v) is 37.2. The molecular formula is C40H30Cl2CuN6O8S4. The molecule has 0 unspecified atom stereocenters. The summed E-state index contributed by atoms with van der Waals surface area (Å²) in [7, 11) is -9.89. The average molecular weight is 985 g/mol. The van der Waals surface area contributed by atoms with Crippen molar-refractivity contribution in [3.8, 4) is 55.0 Å². The van der Waals surface area contributed by atoms with Crippen molar-refractivity contribution in [1.82, 2.24) is 20.4 Å². The van der Waals surface area contributed by atoms with E-state index >= 15 is 0 Å². The Morgan fingerprint density at radius 3 is 0.918 bits per heavy atom. The molecule has 0 saturated carbocycles. The van der Waals surface area contributed by atoms with Crippen molar-refractivity contribution in [1.29, 1.82) is 0 Å². The van der Waals surface area contributed by atoms with Crippen molar-refractivity contribution >= 4 is 47.9 Å². The summed E-state index contributed by atoms with van der Waals surface area (Å²) in [6.07, 6.45) is 0. The fourth-order valence-corrected chi connectivity index (χ4v) is 7.63. The Kier molecular flexibility index (Phi) is 18.2. The van der Waals surface area contributed by atoms with Crippen LogP contribution in [0.25, 0.3) is 55.0 Å². The van der Waals surface area contributed by atoms with Gasteiger partial charge >= 0.3 is 27.3 Å². The number of aryl methyl sites for hydroxylation is 2. The zero-order chi connectivity index (χ0) is 43.5. The van der Waals surface area contributed by atoms with Crippen molar-refractivity contribution in [2.24, 2.45) is 0 Å². The van der Waals surface area contributed by atoms with Crippen LogP contribution in [0.3, 0.4) is 0 Å². The Labute approximate surface area is 384 Å². The van der Waals surface area contributed by atoms with Crippen molar-refractivity contribution < 1.29 is 84.0 Å². The van der Waals surface area contributed by atoms with Crippen LogP contribution in [0, 0.1) is 34.3 Å². The van der Waals surface area contributed by atoms with Gasteiger partial charge in [-0.3, -0.25) is 22.7 Å². The topological polar surface area (TPSA) is 244 Å². The van der Waals surface area contributed by atoms with Gasteiger partial charge in [0.05, 0.1) is 10.2 Å². The van der Waals surface area contributed by atoms with Gasteiger partial charge in [-0.25, -0.2) is 37.3 Å². The summed E-state index contributed by atoms with van der Waals surface area (Å²) in [5, 5.41) is 18.1. The van der Waals surface area contributed by atoms with Gasteiger partial charge in [-0.1, -0.05) is 132 Å². The van der Waals surface area contributed by atoms with Gasteiger partial charge in [-0.05, 0) is 60.4 Å². The number of hydrogen-bond donors (Lipinski definition) is 0.